The molecule has 0 radical (unpaired) electrons. The molecule has 0 spiro atoms. The molecule has 1 unspecified atom stereocenters. The zero-order valence-corrected chi connectivity index (χ0v) is 11.2. The molecule has 0 aromatic heterocycles. The van der Waals surface area contributed by atoms with E-state index in [2.05, 4.69) is 11.8 Å². The van der Waals surface area contributed by atoms with Gasteiger partial charge in [-0.1, -0.05) is 11.6 Å². The van der Waals surface area contributed by atoms with E-state index in [1.165, 1.54) is 0 Å². The van der Waals surface area contributed by atoms with Gasteiger partial charge in [-0.25, -0.2) is 0 Å². The van der Waals surface area contributed by atoms with Gasteiger partial charge in [-0.2, -0.15) is 0 Å². The number of nitrogens with zero attached hydrogens (tertiary/aromatic N) is 1. The molecule has 4 nitrogen and oxygen atoms in total. The van der Waals surface area contributed by atoms with E-state index in [9.17, 15) is 0 Å². The van der Waals surface area contributed by atoms with Crippen molar-refractivity contribution in [3.05, 3.63) is 28.8 Å². The molecule has 0 aliphatic carbocycles. The molecule has 5 heteroatoms. The fourth-order valence-corrected chi connectivity index (χ4v) is 2.42. The molecule has 98 valence electrons. The second-order valence-electron chi connectivity index (χ2n) is 4.56. The second kappa shape index (κ2) is 5.59. The minimum Gasteiger partial charge on any atom is -0.384 e. The summed E-state index contributed by atoms with van der Waals surface area (Å²) < 4.78 is 5.62. The van der Waals surface area contributed by atoms with Crippen LogP contribution < -0.4 is 10.6 Å². The Balaban J connectivity index is 2.22. The number of nitrogens with two attached hydrogens (primary N) is 1. The van der Waals surface area contributed by atoms with Gasteiger partial charge in [-0.15, -0.1) is 0 Å². The Morgan fingerprint density at radius 2 is 2.33 bits per heavy atom. The highest BCUT2D eigenvalue weighted by molar-refractivity contribution is 6.34. The van der Waals surface area contributed by atoms with Crippen molar-refractivity contribution >= 4 is 23.1 Å². The summed E-state index contributed by atoms with van der Waals surface area (Å²) in [7, 11) is 0. The van der Waals surface area contributed by atoms with Gasteiger partial charge in [0.1, 0.15) is 5.84 Å². The molecule has 18 heavy (non-hydrogen) atoms. The quantitative estimate of drug-likeness (QED) is 0.638. The fraction of sp³-hybridized carbons (Fsp3) is 0.462. The highest BCUT2D eigenvalue weighted by atomic mass is 35.5. The zero-order chi connectivity index (χ0) is 13.1. The highest BCUT2D eigenvalue weighted by Gasteiger charge is 2.16. The van der Waals surface area contributed by atoms with E-state index < -0.39 is 0 Å². The molecule has 1 fully saturated rings. The third kappa shape index (κ3) is 2.94. The zero-order valence-electron chi connectivity index (χ0n) is 10.4. The number of rotatable bonds is 2. The third-order valence-corrected chi connectivity index (χ3v) is 3.37. The number of nitrogens with one attached hydrogen (secondary N) is 1. The molecule has 1 aromatic rings. The molecule has 1 aliphatic heterocycles. The molecule has 2 rings (SSSR count). The van der Waals surface area contributed by atoms with Gasteiger partial charge in [0.05, 0.1) is 11.1 Å². The van der Waals surface area contributed by atoms with Crippen LogP contribution in [0.2, 0.25) is 5.02 Å². The number of hydrogen-bond donors (Lipinski definition) is 2. The number of nitrogen functional groups attached to an aromatic ring is 1. The van der Waals surface area contributed by atoms with Gasteiger partial charge < -0.3 is 15.4 Å². The molecule has 1 heterocycles. The van der Waals surface area contributed by atoms with E-state index >= 15 is 0 Å². The lowest BCUT2D eigenvalue weighted by Gasteiger charge is -2.24. The summed E-state index contributed by atoms with van der Waals surface area (Å²) in [5.74, 6) is -0.000817. The first-order valence-electron chi connectivity index (χ1n) is 6.08. The Bertz CT molecular complexity index is 450. The SMILES string of the molecule is CC1CN(c2ccc(C(=N)N)c(Cl)c2)CCCO1. The average Bonchev–Trinajstić information content (AvgIpc) is 2.53. The van der Waals surface area contributed by atoms with E-state index in [1.807, 2.05) is 12.1 Å². The number of amidine groups is 1. The van der Waals surface area contributed by atoms with Crippen LogP contribution >= 0.6 is 11.6 Å². The summed E-state index contributed by atoms with van der Waals surface area (Å²) >= 11 is 6.14. The molecule has 0 saturated carbocycles. The molecule has 1 atom stereocenters. The predicted octanol–water partition coefficient (Wildman–Crippen LogP) is 2.24. The third-order valence-electron chi connectivity index (χ3n) is 3.06. The number of anilines is 1. The highest BCUT2D eigenvalue weighted by Crippen LogP contribution is 2.25. The minimum atomic E-state index is -0.000817. The van der Waals surface area contributed by atoms with Crippen molar-refractivity contribution in [3.63, 3.8) is 0 Å². The Kier molecular flexibility index (Phi) is 4.09. The first-order valence-corrected chi connectivity index (χ1v) is 6.46. The van der Waals surface area contributed by atoms with Gasteiger partial charge in [-0.3, -0.25) is 5.41 Å². The van der Waals surface area contributed by atoms with Gasteiger partial charge in [0.15, 0.2) is 0 Å². The number of halogens is 1. The lowest BCUT2D eigenvalue weighted by Crippen LogP contribution is -2.30. The van der Waals surface area contributed by atoms with Crippen LogP contribution in [0.3, 0.4) is 0 Å². The molecule has 3 N–H and O–H groups in total. The molecule has 0 bridgehead atoms. The largest absolute Gasteiger partial charge is 0.384 e. The van der Waals surface area contributed by atoms with Crippen LogP contribution in [0, 0.1) is 5.41 Å². The van der Waals surface area contributed by atoms with Crippen molar-refractivity contribution < 1.29 is 4.74 Å². The summed E-state index contributed by atoms with van der Waals surface area (Å²) in [6, 6.07) is 5.63. The number of benzene rings is 1. The van der Waals surface area contributed by atoms with Crippen LogP contribution in [0.4, 0.5) is 5.69 Å². The molecular formula is C13H18ClN3O. The summed E-state index contributed by atoms with van der Waals surface area (Å²) in [6.07, 6.45) is 1.23. The van der Waals surface area contributed by atoms with Crippen molar-refractivity contribution in [2.45, 2.75) is 19.4 Å². The van der Waals surface area contributed by atoms with E-state index in [0.29, 0.717) is 10.6 Å². The van der Waals surface area contributed by atoms with Crippen molar-refractivity contribution in [2.75, 3.05) is 24.6 Å². The lowest BCUT2D eigenvalue weighted by molar-refractivity contribution is 0.0821. The Morgan fingerprint density at radius 1 is 1.56 bits per heavy atom. The maximum atomic E-state index is 7.42. The summed E-state index contributed by atoms with van der Waals surface area (Å²) in [5, 5.41) is 7.94. The summed E-state index contributed by atoms with van der Waals surface area (Å²) in [5.41, 5.74) is 7.10. The van der Waals surface area contributed by atoms with Crippen LogP contribution in [-0.2, 0) is 4.74 Å². The van der Waals surface area contributed by atoms with Gasteiger partial charge in [0.2, 0.25) is 0 Å². The molecule has 1 aromatic carbocycles. The van der Waals surface area contributed by atoms with E-state index in [1.54, 1.807) is 6.07 Å². The summed E-state index contributed by atoms with van der Waals surface area (Å²) in [4.78, 5) is 2.26. The average molecular weight is 268 g/mol. The van der Waals surface area contributed by atoms with Crippen LogP contribution in [0.15, 0.2) is 18.2 Å². The molecule has 0 amide bonds. The Labute approximate surface area is 112 Å². The van der Waals surface area contributed by atoms with Crippen molar-refractivity contribution in [3.8, 4) is 0 Å². The Morgan fingerprint density at radius 3 is 3.00 bits per heavy atom. The maximum Gasteiger partial charge on any atom is 0.124 e. The number of ether oxygens (including phenoxy) is 1. The maximum absolute atomic E-state index is 7.42. The minimum absolute atomic E-state index is 0.000817. The van der Waals surface area contributed by atoms with Crippen LogP contribution in [-0.4, -0.2) is 31.6 Å². The van der Waals surface area contributed by atoms with Crippen molar-refractivity contribution in [2.24, 2.45) is 5.73 Å². The van der Waals surface area contributed by atoms with E-state index in [4.69, 9.17) is 27.5 Å². The fourth-order valence-electron chi connectivity index (χ4n) is 2.15. The Hall–Kier alpha value is -1.26. The first kappa shape index (κ1) is 13.2. The van der Waals surface area contributed by atoms with Crippen LogP contribution in [0.25, 0.3) is 0 Å². The summed E-state index contributed by atoms with van der Waals surface area (Å²) in [6.45, 7) is 4.69. The molecule has 1 saturated heterocycles. The van der Waals surface area contributed by atoms with Crippen molar-refractivity contribution in [1.29, 1.82) is 5.41 Å². The van der Waals surface area contributed by atoms with Crippen LogP contribution in [0.1, 0.15) is 18.9 Å². The standard InChI is InChI=1S/C13H18ClN3O/c1-9-8-17(5-2-6-18-9)10-3-4-11(13(15)16)12(14)7-10/h3-4,7,9H,2,5-6,8H2,1H3,(H3,15,16). The second-order valence-corrected chi connectivity index (χ2v) is 4.97. The normalized spacial score (nSPS) is 20.6. The van der Waals surface area contributed by atoms with Crippen molar-refractivity contribution in [1.82, 2.24) is 0 Å². The van der Waals surface area contributed by atoms with Gasteiger partial charge in [-0.05, 0) is 31.5 Å². The van der Waals surface area contributed by atoms with E-state index in [0.717, 1.165) is 31.8 Å². The topological polar surface area (TPSA) is 62.3 Å². The number of hydrogen-bond acceptors (Lipinski definition) is 3. The lowest BCUT2D eigenvalue weighted by atomic mass is 10.1. The van der Waals surface area contributed by atoms with Gasteiger partial charge >= 0.3 is 0 Å². The van der Waals surface area contributed by atoms with Gasteiger partial charge in [0.25, 0.3) is 0 Å². The first-order chi connectivity index (χ1) is 8.58. The molecule has 1 aliphatic rings. The van der Waals surface area contributed by atoms with E-state index in [-0.39, 0.29) is 11.9 Å². The van der Waals surface area contributed by atoms with Gasteiger partial charge in [0, 0.05) is 30.9 Å². The predicted molar refractivity (Wildman–Crippen MR) is 74.7 cm³/mol. The molecular weight excluding hydrogens is 250 g/mol. The smallest absolute Gasteiger partial charge is 0.124 e. The van der Waals surface area contributed by atoms with Crippen LogP contribution in [0.5, 0.6) is 0 Å². The monoisotopic (exact) mass is 267 g/mol.